The molecule has 0 spiro atoms. The molecule has 2 aromatic rings. The molecule has 0 aliphatic heterocycles. The lowest BCUT2D eigenvalue weighted by Gasteiger charge is -2.22. The normalized spacial score (nSPS) is 15.1. The predicted molar refractivity (Wildman–Crippen MR) is 77.2 cm³/mol. The molecule has 0 aliphatic rings. The van der Waals surface area contributed by atoms with Crippen LogP contribution in [0.3, 0.4) is 0 Å². The highest BCUT2D eigenvalue weighted by molar-refractivity contribution is 6.20. The average molecular weight is 284 g/mol. The molecule has 19 heavy (non-hydrogen) atoms. The van der Waals surface area contributed by atoms with Gasteiger partial charge in [0.15, 0.2) is 5.82 Å². The van der Waals surface area contributed by atoms with Gasteiger partial charge in [-0.1, -0.05) is 6.07 Å². The quantitative estimate of drug-likeness (QED) is 0.800. The van der Waals surface area contributed by atoms with Crippen molar-refractivity contribution in [1.82, 2.24) is 14.5 Å². The van der Waals surface area contributed by atoms with Crippen molar-refractivity contribution in [2.24, 2.45) is 0 Å². The first-order valence-electron chi connectivity index (χ1n) is 6.37. The molecular formula is C14H19ClFN3. The minimum absolute atomic E-state index is 0.179. The molecule has 0 radical (unpaired) electrons. The number of nitrogens with zero attached hydrogens (tertiary/aromatic N) is 3. The number of halogens is 2. The largest absolute Gasteiger partial charge is 0.323 e. The second-order valence-corrected chi connectivity index (χ2v) is 5.83. The number of imidazole rings is 1. The summed E-state index contributed by atoms with van der Waals surface area (Å²) >= 11 is 6.19. The van der Waals surface area contributed by atoms with Gasteiger partial charge in [0.2, 0.25) is 0 Å². The minimum Gasteiger partial charge on any atom is -0.323 e. The molecule has 2 rings (SSSR count). The Balaban J connectivity index is 2.62. The van der Waals surface area contributed by atoms with Crippen molar-refractivity contribution in [2.75, 3.05) is 20.6 Å². The molecule has 1 aromatic heterocycles. The minimum atomic E-state index is -0.299. The van der Waals surface area contributed by atoms with Crippen LogP contribution in [0.5, 0.6) is 0 Å². The van der Waals surface area contributed by atoms with Gasteiger partial charge in [-0.25, -0.2) is 9.37 Å². The SMILES string of the molecule is CC(Cl)c1nc2c(F)cccc2n1C(C)CN(C)C. The smallest absolute Gasteiger partial charge is 0.151 e. The van der Waals surface area contributed by atoms with E-state index in [4.69, 9.17) is 11.6 Å². The van der Waals surface area contributed by atoms with E-state index in [2.05, 4.69) is 16.8 Å². The van der Waals surface area contributed by atoms with E-state index >= 15 is 0 Å². The van der Waals surface area contributed by atoms with E-state index in [-0.39, 0.29) is 17.2 Å². The summed E-state index contributed by atoms with van der Waals surface area (Å²) in [4.78, 5) is 6.47. The van der Waals surface area contributed by atoms with Gasteiger partial charge in [0, 0.05) is 12.6 Å². The Morgan fingerprint density at radius 2 is 2.05 bits per heavy atom. The summed E-state index contributed by atoms with van der Waals surface area (Å²) in [5, 5.41) is -0.253. The third kappa shape index (κ3) is 2.74. The standard InChI is InChI=1S/C14H19ClFN3/c1-9(8-18(3)4)19-12-7-5-6-11(16)13(12)17-14(19)10(2)15/h5-7,9-10H,8H2,1-4H3. The van der Waals surface area contributed by atoms with Crippen LogP contribution in [0.2, 0.25) is 0 Å². The van der Waals surface area contributed by atoms with Crippen molar-refractivity contribution in [3.8, 4) is 0 Å². The van der Waals surface area contributed by atoms with E-state index in [1.807, 2.05) is 31.7 Å². The van der Waals surface area contributed by atoms with Crippen molar-refractivity contribution in [2.45, 2.75) is 25.3 Å². The Morgan fingerprint density at radius 3 is 2.63 bits per heavy atom. The molecule has 1 aromatic carbocycles. The second-order valence-electron chi connectivity index (χ2n) is 5.17. The van der Waals surface area contributed by atoms with Gasteiger partial charge in [0.1, 0.15) is 11.3 Å². The number of aromatic nitrogens is 2. The van der Waals surface area contributed by atoms with Crippen LogP contribution in [0.1, 0.15) is 31.1 Å². The lowest BCUT2D eigenvalue weighted by Crippen LogP contribution is -2.23. The third-order valence-electron chi connectivity index (χ3n) is 3.12. The molecular weight excluding hydrogens is 265 g/mol. The van der Waals surface area contributed by atoms with E-state index in [9.17, 15) is 4.39 Å². The molecule has 104 valence electrons. The molecule has 0 N–H and O–H groups in total. The molecule has 2 unspecified atom stereocenters. The molecule has 5 heteroatoms. The van der Waals surface area contributed by atoms with E-state index in [1.54, 1.807) is 6.07 Å². The Bertz CT molecular complexity index is 577. The fraction of sp³-hybridized carbons (Fsp3) is 0.500. The maximum atomic E-state index is 13.8. The highest BCUT2D eigenvalue weighted by atomic mass is 35.5. The van der Waals surface area contributed by atoms with E-state index < -0.39 is 0 Å². The Kier molecular flexibility index (Phi) is 4.11. The first-order chi connectivity index (χ1) is 8.91. The third-order valence-corrected chi connectivity index (χ3v) is 3.32. The molecule has 0 saturated heterocycles. The van der Waals surface area contributed by atoms with Gasteiger partial charge < -0.3 is 9.47 Å². The van der Waals surface area contributed by atoms with Gasteiger partial charge >= 0.3 is 0 Å². The molecule has 0 saturated carbocycles. The maximum absolute atomic E-state index is 13.8. The maximum Gasteiger partial charge on any atom is 0.151 e. The fourth-order valence-corrected chi connectivity index (χ4v) is 2.61. The number of benzene rings is 1. The molecule has 0 bridgehead atoms. The fourth-order valence-electron chi connectivity index (χ4n) is 2.45. The number of fused-ring (bicyclic) bond motifs is 1. The van der Waals surface area contributed by atoms with Crippen molar-refractivity contribution in [1.29, 1.82) is 0 Å². The molecule has 0 fully saturated rings. The molecule has 1 heterocycles. The van der Waals surface area contributed by atoms with Crippen LogP contribution in [0.4, 0.5) is 4.39 Å². The highest BCUT2D eigenvalue weighted by Crippen LogP contribution is 2.29. The number of hydrogen-bond acceptors (Lipinski definition) is 2. The zero-order valence-corrected chi connectivity index (χ0v) is 12.4. The average Bonchev–Trinajstić information content (AvgIpc) is 2.69. The lowest BCUT2D eigenvalue weighted by atomic mass is 10.2. The van der Waals surface area contributed by atoms with Gasteiger partial charge in [0.25, 0.3) is 0 Å². The monoisotopic (exact) mass is 283 g/mol. The summed E-state index contributed by atoms with van der Waals surface area (Å²) in [6, 6.07) is 5.21. The van der Waals surface area contributed by atoms with Gasteiger partial charge in [0.05, 0.1) is 10.9 Å². The Labute approximate surface area is 118 Å². The van der Waals surface area contributed by atoms with Gasteiger partial charge in [-0.2, -0.15) is 0 Å². The summed E-state index contributed by atoms with van der Waals surface area (Å²) in [6.07, 6.45) is 0. The zero-order valence-electron chi connectivity index (χ0n) is 11.7. The molecule has 3 nitrogen and oxygen atoms in total. The van der Waals surface area contributed by atoms with Crippen molar-refractivity contribution in [3.63, 3.8) is 0 Å². The van der Waals surface area contributed by atoms with Crippen LogP contribution >= 0.6 is 11.6 Å². The van der Waals surface area contributed by atoms with Gasteiger partial charge in [-0.05, 0) is 40.1 Å². The first-order valence-corrected chi connectivity index (χ1v) is 6.80. The van der Waals surface area contributed by atoms with Gasteiger partial charge in [-0.3, -0.25) is 0 Å². The zero-order chi connectivity index (χ0) is 14.2. The summed E-state index contributed by atoms with van der Waals surface area (Å²) < 4.78 is 15.9. The van der Waals surface area contributed by atoms with Crippen LogP contribution in [0.15, 0.2) is 18.2 Å². The van der Waals surface area contributed by atoms with E-state index in [1.165, 1.54) is 6.07 Å². The Morgan fingerprint density at radius 1 is 1.37 bits per heavy atom. The number of rotatable bonds is 4. The molecule has 2 atom stereocenters. The van der Waals surface area contributed by atoms with E-state index in [0.29, 0.717) is 5.52 Å². The van der Waals surface area contributed by atoms with Crippen LogP contribution in [-0.2, 0) is 0 Å². The number of alkyl halides is 1. The van der Waals surface area contributed by atoms with Crippen molar-refractivity contribution < 1.29 is 4.39 Å². The summed E-state index contributed by atoms with van der Waals surface area (Å²) in [5.74, 6) is 0.419. The number of likely N-dealkylation sites (N-methyl/N-ethyl adjacent to an activating group) is 1. The summed E-state index contributed by atoms with van der Waals surface area (Å²) in [5.41, 5.74) is 1.20. The number of para-hydroxylation sites is 1. The molecule has 0 aliphatic carbocycles. The topological polar surface area (TPSA) is 21.1 Å². The molecule has 0 amide bonds. The summed E-state index contributed by atoms with van der Waals surface area (Å²) in [6.45, 7) is 4.80. The number of hydrogen-bond donors (Lipinski definition) is 0. The predicted octanol–water partition coefficient (Wildman–Crippen LogP) is 3.60. The Hall–Kier alpha value is -1.13. The van der Waals surface area contributed by atoms with Crippen LogP contribution in [0, 0.1) is 5.82 Å². The summed E-state index contributed by atoms with van der Waals surface area (Å²) in [7, 11) is 4.03. The highest BCUT2D eigenvalue weighted by Gasteiger charge is 2.20. The van der Waals surface area contributed by atoms with E-state index in [0.717, 1.165) is 17.9 Å². The van der Waals surface area contributed by atoms with Crippen LogP contribution in [0.25, 0.3) is 11.0 Å². The van der Waals surface area contributed by atoms with Crippen molar-refractivity contribution >= 4 is 22.6 Å². The first kappa shape index (κ1) is 14.3. The van der Waals surface area contributed by atoms with Crippen LogP contribution in [-0.4, -0.2) is 35.1 Å². The van der Waals surface area contributed by atoms with Crippen LogP contribution < -0.4 is 0 Å². The second kappa shape index (κ2) is 5.47. The van der Waals surface area contributed by atoms with Gasteiger partial charge in [-0.15, -0.1) is 11.6 Å². The van der Waals surface area contributed by atoms with Crippen molar-refractivity contribution in [3.05, 3.63) is 29.8 Å². The lowest BCUT2D eigenvalue weighted by molar-refractivity contribution is 0.336.